The van der Waals surface area contributed by atoms with Gasteiger partial charge >= 0.3 is 0 Å². The van der Waals surface area contributed by atoms with E-state index in [1.807, 2.05) is 6.92 Å². The van der Waals surface area contributed by atoms with Crippen LogP contribution in [0.2, 0.25) is 0 Å². The van der Waals surface area contributed by atoms with E-state index >= 15 is 0 Å². The maximum absolute atomic E-state index is 13.3. The Labute approximate surface area is 188 Å². The summed E-state index contributed by atoms with van der Waals surface area (Å²) >= 11 is 0. The lowest BCUT2D eigenvalue weighted by Crippen LogP contribution is -2.56. The zero-order valence-electron chi connectivity index (χ0n) is 20.1. The van der Waals surface area contributed by atoms with Crippen molar-refractivity contribution in [2.75, 3.05) is 33.4 Å². The maximum atomic E-state index is 13.3. The van der Waals surface area contributed by atoms with Crippen LogP contribution in [0, 0.1) is 23.7 Å². The van der Waals surface area contributed by atoms with Gasteiger partial charge in [0.1, 0.15) is 0 Å². The highest BCUT2D eigenvalue weighted by Crippen LogP contribution is 2.37. The zero-order chi connectivity index (χ0) is 22.5. The molecule has 0 bridgehead atoms. The van der Waals surface area contributed by atoms with Crippen molar-refractivity contribution in [3.63, 3.8) is 0 Å². The highest BCUT2D eigenvalue weighted by Gasteiger charge is 2.43. The first-order valence-electron chi connectivity index (χ1n) is 12.3. The number of hydrogen-bond acceptors (Lipinski definition) is 5. The average Bonchev–Trinajstić information content (AvgIpc) is 2.75. The normalized spacial score (nSPS) is 37.5. The SMILES string of the molecule is CCN(C1CCOCC1)C1CC(OC)CC(C(=O)NCC2C(=O)NC(C)CC2C)C1C. The first kappa shape index (κ1) is 24.5. The van der Waals surface area contributed by atoms with Crippen LogP contribution in [0.15, 0.2) is 0 Å². The summed E-state index contributed by atoms with van der Waals surface area (Å²) in [6.07, 6.45) is 4.86. The number of methoxy groups -OCH3 is 1. The molecule has 0 radical (unpaired) electrons. The van der Waals surface area contributed by atoms with Crippen LogP contribution in [0.4, 0.5) is 0 Å². The lowest BCUT2D eigenvalue weighted by atomic mass is 9.73. The molecular formula is C24H43N3O4. The number of nitrogens with one attached hydrogen (secondary N) is 2. The van der Waals surface area contributed by atoms with E-state index in [-0.39, 0.29) is 47.6 Å². The second-order valence-corrected chi connectivity index (χ2v) is 10.0. The van der Waals surface area contributed by atoms with Gasteiger partial charge in [0, 0.05) is 50.9 Å². The van der Waals surface area contributed by atoms with Gasteiger partial charge in [-0.3, -0.25) is 14.5 Å². The van der Waals surface area contributed by atoms with Gasteiger partial charge in [0.05, 0.1) is 12.0 Å². The Morgan fingerprint density at radius 3 is 2.52 bits per heavy atom. The molecule has 3 aliphatic rings. The third-order valence-corrected chi connectivity index (χ3v) is 8.02. The van der Waals surface area contributed by atoms with Gasteiger partial charge in [-0.1, -0.05) is 20.8 Å². The minimum Gasteiger partial charge on any atom is -0.381 e. The van der Waals surface area contributed by atoms with Crippen LogP contribution in [0.5, 0.6) is 0 Å². The average molecular weight is 438 g/mol. The highest BCUT2D eigenvalue weighted by molar-refractivity contribution is 5.83. The van der Waals surface area contributed by atoms with Crippen molar-refractivity contribution in [2.45, 2.75) is 84.0 Å². The van der Waals surface area contributed by atoms with E-state index in [1.54, 1.807) is 7.11 Å². The van der Waals surface area contributed by atoms with Gasteiger partial charge in [0.15, 0.2) is 0 Å². The summed E-state index contributed by atoms with van der Waals surface area (Å²) in [5, 5.41) is 6.16. The van der Waals surface area contributed by atoms with Gasteiger partial charge < -0.3 is 20.1 Å². The molecule has 3 rings (SSSR count). The first-order chi connectivity index (χ1) is 14.8. The topological polar surface area (TPSA) is 79.9 Å². The molecular weight excluding hydrogens is 394 g/mol. The third kappa shape index (κ3) is 5.79. The molecule has 7 atom stereocenters. The quantitative estimate of drug-likeness (QED) is 0.638. The molecule has 7 unspecified atom stereocenters. The number of nitrogens with zero attached hydrogens (tertiary/aromatic N) is 1. The number of amides is 2. The fraction of sp³-hybridized carbons (Fsp3) is 0.917. The van der Waals surface area contributed by atoms with E-state index in [1.165, 1.54) is 0 Å². The number of piperidine rings is 1. The van der Waals surface area contributed by atoms with Gasteiger partial charge in [-0.25, -0.2) is 0 Å². The largest absolute Gasteiger partial charge is 0.381 e. The monoisotopic (exact) mass is 437 g/mol. The number of carbonyl (C=O) groups excluding carboxylic acids is 2. The molecule has 2 amide bonds. The Balaban J connectivity index is 1.66. The molecule has 0 aromatic heterocycles. The second kappa shape index (κ2) is 11.1. The molecule has 2 aliphatic heterocycles. The maximum Gasteiger partial charge on any atom is 0.225 e. The number of carbonyl (C=O) groups is 2. The van der Waals surface area contributed by atoms with Crippen molar-refractivity contribution in [3.8, 4) is 0 Å². The van der Waals surface area contributed by atoms with Gasteiger partial charge in [-0.05, 0) is 57.4 Å². The molecule has 1 saturated carbocycles. The van der Waals surface area contributed by atoms with Crippen molar-refractivity contribution in [3.05, 3.63) is 0 Å². The molecule has 7 heteroatoms. The summed E-state index contributed by atoms with van der Waals surface area (Å²) in [6.45, 7) is 11.6. The summed E-state index contributed by atoms with van der Waals surface area (Å²) in [6, 6.07) is 1.04. The molecule has 0 aromatic rings. The summed E-state index contributed by atoms with van der Waals surface area (Å²) < 4.78 is 11.4. The van der Waals surface area contributed by atoms with E-state index < -0.39 is 0 Å². The van der Waals surface area contributed by atoms with Crippen LogP contribution in [-0.2, 0) is 19.1 Å². The Morgan fingerprint density at radius 1 is 1.19 bits per heavy atom. The minimum absolute atomic E-state index is 0.0626. The zero-order valence-corrected chi connectivity index (χ0v) is 20.1. The summed E-state index contributed by atoms with van der Waals surface area (Å²) in [4.78, 5) is 28.3. The van der Waals surface area contributed by atoms with Crippen LogP contribution in [0.3, 0.4) is 0 Å². The smallest absolute Gasteiger partial charge is 0.225 e. The molecule has 31 heavy (non-hydrogen) atoms. The van der Waals surface area contributed by atoms with E-state index in [9.17, 15) is 9.59 Å². The molecule has 3 fully saturated rings. The molecule has 7 nitrogen and oxygen atoms in total. The second-order valence-electron chi connectivity index (χ2n) is 10.0. The number of ether oxygens (including phenoxy) is 2. The standard InChI is InChI=1S/C24H43N3O4/c1-6-27(18-7-9-31-10-8-18)22-13-19(30-5)12-20(17(22)4)23(28)25-14-21-15(2)11-16(3)26-24(21)29/h15-22H,6-14H2,1-5H3,(H,25,28)(H,26,29). The lowest BCUT2D eigenvalue weighted by Gasteiger charge is -2.48. The van der Waals surface area contributed by atoms with Crippen molar-refractivity contribution in [1.82, 2.24) is 15.5 Å². The summed E-state index contributed by atoms with van der Waals surface area (Å²) in [7, 11) is 1.76. The fourth-order valence-electron chi connectivity index (χ4n) is 6.13. The minimum atomic E-state index is -0.151. The molecule has 178 valence electrons. The fourth-order valence-corrected chi connectivity index (χ4v) is 6.13. The molecule has 0 aromatic carbocycles. The van der Waals surface area contributed by atoms with E-state index in [4.69, 9.17) is 9.47 Å². The van der Waals surface area contributed by atoms with Crippen LogP contribution in [0.1, 0.15) is 59.8 Å². The Kier molecular flexibility index (Phi) is 8.76. The van der Waals surface area contributed by atoms with E-state index in [0.29, 0.717) is 18.6 Å². The number of rotatable bonds is 7. The predicted molar refractivity (Wildman–Crippen MR) is 121 cm³/mol. The van der Waals surface area contributed by atoms with Gasteiger partial charge in [-0.15, -0.1) is 0 Å². The number of hydrogen-bond donors (Lipinski definition) is 2. The molecule has 2 N–H and O–H groups in total. The molecule has 1 aliphatic carbocycles. The lowest BCUT2D eigenvalue weighted by molar-refractivity contribution is -0.135. The highest BCUT2D eigenvalue weighted by atomic mass is 16.5. The van der Waals surface area contributed by atoms with Gasteiger partial charge in [-0.2, -0.15) is 0 Å². The van der Waals surface area contributed by atoms with Crippen LogP contribution < -0.4 is 10.6 Å². The van der Waals surface area contributed by atoms with Crippen molar-refractivity contribution >= 4 is 11.8 Å². The van der Waals surface area contributed by atoms with Crippen molar-refractivity contribution < 1.29 is 19.1 Å². The first-order valence-corrected chi connectivity index (χ1v) is 12.3. The third-order valence-electron chi connectivity index (χ3n) is 8.02. The molecule has 2 heterocycles. The van der Waals surface area contributed by atoms with Crippen molar-refractivity contribution in [2.24, 2.45) is 23.7 Å². The van der Waals surface area contributed by atoms with Crippen LogP contribution in [0.25, 0.3) is 0 Å². The molecule has 0 spiro atoms. The van der Waals surface area contributed by atoms with Gasteiger partial charge in [0.25, 0.3) is 0 Å². The Morgan fingerprint density at radius 2 is 1.90 bits per heavy atom. The predicted octanol–water partition coefficient (Wildman–Crippen LogP) is 2.19. The molecule has 2 saturated heterocycles. The van der Waals surface area contributed by atoms with Gasteiger partial charge in [0.2, 0.25) is 11.8 Å². The summed E-state index contributed by atoms with van der Waals surface area (Å²) in [5.74, 6) is 0.401. The van der Waals surface area contributed by atoms with E-state index in [2.05, 4.69) is 36.3 Å². The Bertz CT molecular complexity index is 610. The van der Waals surface area contributed by atoms with Crippen LogP contribution >= 0.6 is 0 Å². The Hall–Kier alpha value is -1.18. The summed E-state index contributed by atoms with van der Waals surface area (Å²) in [5.41, 5.74) is 0. The van der Waals surface area contributed by atoms with E-state index in [0.717, 1.165) is 51.9 Å². The van der Waals surface area contributed by atoms with Crippen LogP contribution in [-0.4, -0.2) is 74.4 Å². The van der Waals surface area contributed by atoms with Crippen molar-refractivity contribution in [1.29, 1.82) is 0 Å².